The first-order valence-corrected chi connectivity index (χ1v) is 17.3. The monoisotopic (exact) mass is 690 g/mol. The lowest BCUT2D eigenvalue weighted by Crippen LogP contribution is -2.25. The van der Waals surface area contributed by atoms with Crippen LogP contribution in [0.4, 0.5) is 0 Å². The number of aromatic nitrogens is 2. The molecule has 9 heteroatoms. The molecule has 258 valence electrons. The number of hydrogen-bond acceptors (Lipinski definition) is 5. The zero-order chi connectivity index (χ0) is 35.5. The smallest absolute Gasteiger partial charge is 0.255 e. The number of amides is 2. The summed E-state index contributed by atoms with van der Waals surface area (Å²) in [6.07, 6.45) is 1.89. The maximum atomic E-state index is 14.0. The quantitative estimate of drug-likeness (QED) is 0.128. The van der Waals surface area contributed by atoms with Gasteiger partial charge in [0.1, 0.15) is 17.3 Å². The molecule has 0 saturated carbocycles. The van der Waals surface area contributed by atoms with Crippen LogP contribution in [-0.2, 0) is 31.4 Å². The van der Waals surface area contributed by atoms with Crippen molar-refractivity contribution in [1.29, 1.82) is 0 Å². The van der Waals surface area contributed by atoms with E-state index in [-0.39, 0.29) is 18.4 Å². The number of carbonyl (C=O) groups is 2. The minimum absolute atomic E-state index is 0.157. The van der Waals surface area contributed by atoms with Crippen LogP contribution in [0, 0.1) is 34.6 Å². The Balaban J connectivity index is 1.20. The van der Waals surface area contributed by atoms with Gasteiger partial charge in [-0.2, -0.15) is 5.10 Å². The van der Waals surface area contributed by atoms with Crippen molar-refractivity contribution in [2.45, 2.75) is 67.0 Å². The molecule has 2 aromatic heterocycles. The number of ether oxygens (including phenoxy) is 1. The molecular formula is C41H43ClN4O4. The van der Waals surface area contributed by atoms with Crippen LogP contribution in [0.5, 0.6) is 5.75 Å². The molecule has 2 amide bonds. The van der Waals surface area contributed by atoms with E-state index in [9.17, 15) is 9.59 Å². The second-order valence-corrected chi connectivity index (χ2v) is 13.4. The van der Waals surface area contributed by atoms with Gasteiger partial charge in [-0.3, -0.25) is 14.3 Å². The van der Waals surface area contributed by atoms with Crippen molar-refractivity contribution < 1.29 is 18.7 Å². The number of allylic oxidation sites excluding steroid dienone is 1. The van der Waals surface area contributed by atoms with Crippen molar-refractivity contribution in [3.8, 4) is 16.9 Å². The Hall–Kier alpha value is -5.08. The largest absolute Gasteiger partial charge is 0.494 e. The van der Waals surface area contributed by atoms with Crippen molar-refractivity contribution in [2.24, 2.45) is 7.05 Å². The number of rotatable bonds is 12. The van der Waals surface area contributed by atoms with Gasteiger partial charge in [0.2, 0.25) is 5.91 Å². The van der Waals surface area contributed by atoms with Crippen LogP contribution in [0.2, 0.25) is 5.02 Å². The number of nitrogens with zero attached hydrogens (tertiary/aromatic N) is 2. The van der Waals surface area contributed by atoms with E-state index in [4.69, 9.17) is 20.8 Å². The molecule has 0 fully saturated rings. The van der Waals surface area contributed by atoms with Crippen LogP contribution in [0.25, 0.3) is 16.7 Å². The Morgan fingerprint density at radius 2 is 1.60 bits per heavy atom. The summed E-state index contributed by atoms with van der Waals surface area (Å²) in [5, 5.41) is 11.4. The fourth-order valence-electron chi connectivity index (χ4n) is 6.84. The summed E-state index contributed by atoms with van der Waals surface area (Å²) in [7, 11) is 1.95. The molecule has 0 spiro atoms. The molecule has 50 heavy (non-hydrogen) atoms. The highest BCUT2D eigenvalue weighted by molar-refractivity contribution is 6.32. The zero-order valence-electron chi connectivity index (χ0n) is 29.5. The van der Waals surface area contributed by atoms with E-state index in [1.165, 1.54) is 0 Å². The van der Waals surface area contributed by atoms with Gasteiger partial charge in [-0.1, -0.05) is 60.1 Å². The van der Waals surface area contributed by atoms with Crippen LogP contribution < -0.4 is 15.4 Å². The molecule has 0 atom stereocenters. The number of fused-ring (bicyclic) bond motifs is 1. The summed E-state index contributed by atoms with van der Waals surface area (Å²) in [5.41, 5.74) is 11.6. The molecule has 1 aliphatic carbocycles. The van der Waals surface area contributed by atoms with Gasteiger partial charge in [-0.25, -0.2) is 0 Å². The van der Waals surface area contributed by atoms with Crippen molar-refractivity contribution in [1.82, 2.24) is 20.4 Å². The van der Waals surface area contributed by atoms with Gasteiger partial charge in [0, 0.05) is 41.9 Å². The standard InChI is InChI=1S/C41H43ClN4O4/c1-24-18-30(19-25(2)39(24)42)49-17-11-16-33-32-14-10-15-34(38-26(3)45-46(6)27(38)4)36(32)21-37(33)41(48)44-23-31-20-35(28(5)50-31)40(47)43-22-29-12-8-7-9-13-29/h7-10,12-15,18-20H,11,16-17,21-23H2,1-6H3,(H,43,47)(H,44,48). The maximum absolute atomic E-state index is 14.0. The third-order valence-corrected chi connectivity index (χ3v) is 10.0. The summed E-state index contributed by atoms with van der Waals surface area (Å²) in [5.74, 6) is 1.43. The number of halogens is 1. The molecule has 2 N–H and O–H groups in total. The summed E-state index contributed by atoms with van der Waals surface area (Å²) in [6, 6.07) is 21.7. The van der Waals surface area contributed by atoms with E-state index in [1.54, 1.807) is 13.0 Å². The van der Waals surface area contributed by atoms with E-state index < -0.39 is 0 Å². The predicted octanol–water partition coefficient (Wildman–Crippen LogP) is 8.29. The lowest BCUT2D eigenvalue weighted by Gasteiger charge is -2.13. The van der Waals surface area contributed by atoms with Crippen LogP contribution in [-0.4, -0.2) is 28.2 Å². The Labute approximate surface area is 298 Å². The molecule has 0 aliphatic heterocycles. The lowest BCUT2D eigenvalue weighted by atomic mass is 9.93. The van der Waals surface area contributed by atoms with Crippen LogP contribution in [0.1, 0.15) is 73.9 Å². The number of carbonyl (C=O) groups excluding carboxylic acids is 2. The third kappa shape index (κ3) is 7.26. The van der Waals surface area contributed by atoms with Gasteiger partial charge in [0.25, 0.3) is 5.91 Å². The molecule has 0 saturated heterocycles. The minimum Gasteiger partial charge on any atom is -0.494 e. The van der Waals surface area contributed by atoms with E-state index >= 15 is 0 Å². The van der Waals surface area contributed by atoms with Crippen LogP contribution in [0.3, 0.4) is 0 Å². The van der Waals surface area contributed by atoms with E-state index in [0.717, 1.165) is 78.7 Å². The number of nitrogens with one attached hydrogen (secondary N) is 2. The average Bonchev–Trinajstić information content (AvgIpc) is 3.75. The van der Waals surface area contributed by atoms with Gasteiger partial charge in [-0.05, 0) is 105 Å². The molecule has 2 heterocycles. The number of furan rings is 1. The summed E-state index contributed by atoms with van der Waals surface area (Å²) < 4.78 is 14.0. The SMILES string of the molecule is Cc1cc(OCCCC2=C(C(=O)NCc3cc(C(=O)NCc4ccccc4)c(C)o3)Cc3c2cccc3-c2c(C)nn(C)c2C)cc(C)c1Cl. The third-order valence-electron chi connectivity index (χ3n) is 9.45. The number of hydrogen-bond donors (Lipinski definition) is 2. The highest BCUT2D eigenvalue weighted by atomic mass is 35.5. The summed E-state index contributed by atoms with van der Waals surface area (Å²) >= 11 is 6.36. The first-order valence-electron chi connectivity index (χ1n) is 17.0. The van der Waals surface area contributed by atoms with Crippen LogP contribution >= 0.6 is 11.6 Å². The molecule has 5 aromatic rings. The fourth-order valence-corrected chi connectivity index (χ4v) is 6.95. The Kier molecular flexibility index (Phi) is 10.3. The van der Waals surface area contributed by atoms with Crippen molar-refractivity contribution in [2.75, 3.05) is 6.61 Å². The molecule has 8 nitrogen and oxygen atoms in total. The zero-order valence-corrected chi connectivity index (χ0v) is 30.3. The van der Waals surface area contributed by atoms with E-state index in [0.29, 0.717) is 43.1 Å². The summed E-state index contributed by atoms with van der Waals surface area (Å²) in [4.78, 5) is 26.9. The number of aryl methyl sites for hydroxylation is 5. The number of benzene rings is 3. The lowest BCUT2D eigenvalue weighted by molar-refractivity contribution is -0.117. The van der Waals surface area contributed by atoms with Gasteiger partial charge in [0.15, 0.2) is 0 Å². The van der Waals surface area contributed by atoms with Gasteiger partial charge in [0.05, 0.1) is 24.4 Å². The van der Waals surface area contributed by atoms with Crippen molar-refractivity contribution >= 4 is 29.0 Å². The second-order valence-electron chi connectivity index (χ2n) is 13.0. The highest BCUT2D eigenvalue weighted by Crippen LogP contribution is 2.42. The molecule has 3 aromatic carbocycles. The van der Waals surface area contributed by atoms with Crippen molar-refractivity contribution in [3.05, 3.63) is 134 Å². The Morgan fingerprint density at radius 1 is 0.900 bits per heavy atom. The molecular weight excluding hydrogens is 648 g/mol. The van der Waals surface area contributed by atoms with E-state index in [1.807, 2.05) is 75.0 Å². The van der Waals surface area contributed by atoms with Gasteiger partial charge < -0.3 is 19.8 Å². The maximum Gasteiger partial charge on any atom is 0.255 e. The van der Waals surface area contributed by atoms with E-state index in [2.05, 4.69) is 40.9 Å². The molecule has 0 unspecified atom stereocenters. The predicted molar refractivity (Wildman–Crippen MR) is 197 cm³/mol. The average molecular weight is 691 g/mol. The normalized spacial score (nSPS) is 12.3. The molecule has 0 bridgehead atoms. The van der Waals surface area contributed by atoms with Crippen molar-refractivity contribution in [3.63, 3.8) is 0 Å². The first-order chi connectivity index (χ1) is 24.0. The van der Waals surface area contributed by atoms with Gasteiger partial charge >= 0.3 is 0 Å². The molecule has 0 radical (unpaired) electrons. The molecule has 1 aliphatic rings. The first kappa shape index (κ1) is 34.8. The topological polar surface area (TPSA) is 98.4 Å². The second kappa shape index (κ2) is 14.8. The fraction of sp³-hybridized carbons (Fsp3) is 0.293. The summed E-state index contributed by atoms with van der Waals surface area (Å²) in [6.45, 7) is 10.9. The minimum atomic E-state index is -0.219. The Morgan fingerprint density at radius 3 is 2.30 bits per heavy atom. The van der Waals surface area contributed by atoms with Gasteiger partial charge in [-0.15, -0.1) is 0 Å². The highest BCUT2D eigenvalue weighted by Gasteiger charge is 2.29. The Bertz CT molecular complexity index is 2090. The van der Waals surface area contributed by atoms with Crippen LogP contribution in [0.15, 0.2) is 76.7 Å². The molecule has 6 rings (SSSR count).